The minimum absolute atomic E-state index is 0.107. The van der Waals surface area contributed by atoms with Crippen molar-refractivity contribution in [3.05, 3.63) is 65.2 Å². The van der Waals surface area contributed by atoms with Gasteiger partial charge in [-0.25, -0.2) is 13.6 Å². The van der Waals surface area contributed by atoms with Gasteiger partial charge in [-0.15, -0.1) is 0 Å². The number of halogens is 2. The lowest BCUT2D eigenvalue weighted by molar-refractivity contribution is -0.131. The number of benzene rings is 2. The van der Waals surface area contributed by atoms with Crippen LogP contribution in [0.15, 0.2) is 42.5 Å². The number of nitrogens with one attached hydrogen (secondary N) is 2. The molecule has 0 radical (unpaired) electrons. The van der Waals surface area contributed by atoms with E-state index in [4.69, 9.17) is 0 Å². The van der Waals surface area contributed by atoms with Crippen LogP contribution in [0.25, 0.3) is 0 Å². The van der Waals surface area contributed by atoms with Crippen LogP contribution in [0.2, 0.25) is 0 Å². The summed E-state index contributed by atoms with van der Waals surface area (Å²) in [5.74, 6) is -2.93. The molecule has 0 saturated carbocycles. The van der Waals surface area contributed by atoms with Gasteiger partial charge in [0, 0.05) is 29.8 Å². The van der Waals surface area contributed by atoms with Crippen LogP contribution >= 0.6 is 0 Å². The molecule has 0 bridgehead atoms. The van der Waals surface area contributed by atoms with Crippen molar-refractivity contribution < 1.29 is 28.0 Å². The highest BCUT2D eigenvalue weighted by Gasteiger charge is 2.50. The van der Waals surface area contributed by atoms with Gasteiger partial charge in [-0.05, 0) is 56.3 Å². The first-order chi connectivity index (χ1) is 14.1. The highest BCUT2D eigenvalue weighted by atomic mass is 19.1. The van der Waals surface area contributed by atoms with E-state index in [-0.39, 0.29) is 24.3 Å². The van der Waals surface area contributed by atoms with Gasteiger partial charge >= 0.3 is 6.03 Å². The molecule has 1 aliphatic rings. The maximum atomic E-state index is 14.2. The topological polar surface area (TPSA) is 95.6 Å². The zero-order valence-corrected chi connectivity index (χ0v) is 16.3. The van der Waals surface area contributed by atoms with Gasteiger partial charge in [0.25, 0.3) is 5.91 Å². The second kappa shape index (κ2) is 8.02. The number of Topliss-reactive ketones (excluding diaryl/α,β-unsaturated/α-hetero) is 1. The smallest absolute Gasteiger partial charge is 0.325 e. The second-order valence-electron chi connectivity index (χ2n) is 7.07. The van der Waals surface area contributed by atoms with Crippen LogP contribution in [-0.4, -0.2) is 35.1 Å². The van der Waals surface area contributed by atoms with E-state index < -0.39 is 35.0 Å². The standard InChI is InChI=1S/C21H19F2N3O4/c1-12(27)13-3-6-15(7-4-13)24-18(28)9-10-26-19(29)21(2,25-20(26)30)16-11-14(22)5-8-17(16)23/h3-8,11H,9-10H2,1-2H3,(H,24,28)(H,25,30). The largest absolute Gasteiger partial charge is 0.326 e. The molecular weight excluding hydrogens is 396 g/mol. The number of carbonyl (C=O) groups is 4. The molecule has 1 saturated heterocycles. The Hall–Kier alpha value is -3.62. The Labute approximate surface area is 171 Å². The fourth-order valence-electron chi connectivity index (χ4n) is 3.19. The fraction of sp³-hybridized carbons (Fsp3) is 0.238. The third-order valence-electron chi connectivity index (χ3n) is 4.88. The van der Waals surface area contributed by atoms with Gasteiger partial charge in [0.15, 0.2) is 5.78 Å². The minimum atomic E-state index is -1.78. The summed E-state index contributed by atoms with van der Waals surface area (Å²) in [6.07, 6.45) is -0.199. The molecule has 0 aromatic heterocycles. The van der Waals surface area contributed by atoms with Gasteiger partial charge in [-0.2, -0.15) is 0 Å². The molecule has 0 aliphatic carbocycles. The molecule has 1 heterocycles. The molecule has 0 spiro atoms. The summed E-state index contributed by atoms with van der Waals surface area (Å²) < 4.78 is 27.7. The third-order valence-corrected chi connectivity index (χ3v) is 4.88. The second-order valence-corrected chi connectivity index (χ2v) is 7.07. The predicted molar refractivity (Wildman–Crippen MR) is 104 cm³/mol. The van der Waals surface area contributed by atoms with Crippen molar-refractivity contribution in [2.24, 2.45) is 0 Å². The average molecular weight is 415 g/mol. The number of rotatable bonds is 6. The Balaban J connectivity index is 1.66. The van der Waals surface area contributed by atoms with Crippen molar-refractivity contribution in [2.75, 3.05) is 11.9 Å². The molecule has 9 heteroatoms. The average Bonchev–Trinajstić information content (AvgIpc) is 2.91. The van der Waals surface area contributed by atoms with E-state index in [1.54, 1.807) is 24.3 Å². The number of anilines is 1. The highest BCUT2D eigenvalue weighted by Crippen LogP contribution is 2.31. The van der Waals surface area contributed by atoms with Crippen molar-refractivity contribution >= 4 is 29.3 Å². The lowest BCUT2D eigenvalue weighted by atomic mass is 9.91. The maximum Gasteiger partial charge on any atom is 0.325 e. The normalized spacial score (nSPS) is 18.3. The van der Waals surface area contributed by atoms with E-state index in [0.717, 1.165) is 23.1 Å². The minimum Gasteiger partial charge on any atom is -0.326 e. The first-order valence-electron chi connectivity index (χ1n) is 9.12. The van der Waals surface area contributed by atoms with Gasteiger partial charge in [-0.1, -0.05) is 0 Å². The Morgan fingerprint density at radius 1 is 1.10 bits per heavy atom. The lowest BCUT2D eigenvalue weighted by Crippen LogP contribution is -2.42. The van der Waals surface area contributed by atoms with Gasteiger partial charge < -0.3 is 10.6 Å². The molecule has 1 unspecified atom stereocenters. The molecular formula is C21H19F2N3O4. The van der Waals surface area contributed by atoms with Crippen LogP contribution in [-0.2, 0) is 15.1 Å². The molecule has 1 aliphatic heterocycles. The van der Waals surface area contributed by atoms with Crippen LogP contribution in [0, 0.1) is 11.6 Å². The van der Waals surface area contributed by atoms with E-state index in [2.05, 4.69) is 10.6 Å². The van der Waals surface area contributed by atoms with Crippen molar-refractivity contribution in [1.82, 2.24) is 10.2 Å². The van der Waals surface area contributed by atoms with Gasteiger partial charge in [-0.3, -0.25) is 19.3 Å². The van der Waals surface area contributed by atoms with E-state index >= 15 is 0 Å². The Kier molecular flexibility index (Phi) is 5.64. The number of hydrogen-bond acceptors (Lipinski definition) is 4. The molecule has 2 aromatic rings. The number of carbonyl (C=O) groups excluding carboxylic acids is 4. The van der Waals surface area contributed by atoms with Crippen LogP contribution in [0.5, 0.6) is 0 Å². The highest BCUT2D eigenvalue weighted by molar-refractivity contribution is 6.07. The summed E-state index contributed by atoms with van der Waals surface area (Å²) in [4.78, 5) is 49.3. The number of nitrogens with zero attached hydrogens (tertiary/aromatic N) is 1. The number of ketones is 1. The zero-order valence-electron chi connectivity index (χ0n) is 16.3. The molecule has 1 fully saturated rings. The monoisotopic (exact) mass is 415 g/mol. The number of hydrogen-bond donors (Lipinski definition) is 2. The first-order valence-corrected chi connectivity index (χ1v) is 9.12. The molecule has 2 aromatic carbocycles. The van der Waals surface area contributed by atoms with Crippen LogP contribution in [0.3, 0.4) is 0 Å². The molecule has 2 N–H and O–H groups in total. The van der Waals surface area contributed by atoms with Crippen molar-refractivity contribution in [3.8, 4) is 0 Å². The molecule has 30 heavy (non-hydrogen) atoms. The number of amides is 4. The summed E-state index contributed by atoms with van der Waals surface area (Å²) in [5.41, 5.74) is -1.12. The molecule has 3 rings (SSSR count). The first kappa shape index (κ1) is 21.1. The van der Waals surface area contributed by atoms with Gasteiger partial charge in [0.1, 0.15) is 17.2 Å². The Bertz CT molecular complexity index is 1040. The summed E-state index contributed by atoms with van der Waals surface area (Å²) in [6.45, 7) is 2.46. The number of urea groups is 1. The van der Waals surface area contributed by atoms with Crippen molar-refractivity contribution in [3.63, 3.8) is 0 Å². The predicted octanol–water partition coefficient (Wildman–Crippen LogP) is 2.96. The van der Waals surface area contributed by atoms with Gasteiger partial charge in [0.2, 0.25) is 5.91 Å². The SMILES string of the molecule is CC(=O)c1ccc(NC(=O)CCN2C(=O)NC(C)(c3cc(F)ccc3F)C2=O)cc1. The zero-order chi connectivity index (χ0) is 22.1. The lowest BCUT2D eigenvalue weighted by Gasteiger charge is -2.22. The molecule has 7 nitrogen and oxygen atoms in total. The molecule has 156 valence electrons. The summed E-state index contributed by atoms with van der Waals surface area (Å²) in [6, 6.07) is 8.09. The Morgan fingerprint density at radius 3 is 2.40 bits per heavy atom. The summed E-state index contributed by atoms with van der Waals surface area (Å²) in [5, 5.41) is 4.97. The molecule has 4 amide bonds. The number of imide groups is 1. The van der Waals surface area contributed by atoms with Crippen LogP contribution < -0.4 is 10.6 Å². The van der Waals surface area contributed by atoms with Crippen LogP contribution in [0.1, 0.15) is 36.2 Å². The Morgan fingerprint density at radius 2 is 1.77 bits per heavy atom. The summed E-state index contributed by atoms with van der Waals surface area (Å²) >= 11 is 0. The van der Waals surface area contributed by atoms with E-state index in [0.29, 0.717) is 11.3 Å². The quantitative estimate of drug-likeness (QED) is 0.560. The third kappa shape index (κ3) is 4.05. The molecule has 1 atom stereocenters. The van der Waals surface area contributed by atoms with Crippen LogP contribution in [0.4, 0.5) is 19.3 Å². The van der Waals surface area contributed by atoms with E-state index in [1.165, 1.54) is 13.8 Å². The maximum absolute atomic E-state index is 14.2. The van der Waals surface area contributed by atoms with E-state index in [1.807, 2.05) is 0 Å². The fourth-order valence-corrected chi connectivity index (χ4v) is 3.19. The van der Waals surface area contributed by atoms with Gasteiger partial charge in [0.05, 0.1) is 0 Å². The van der Waals surface area contributed by atoms with Crippen molar-refractivity contribution in [1.29, 1.82) is 0 Å². The van der Waals surface area contributed by atoms with E-state index in [9.17, 15) is 28.0 Å². The van der Waals surface area contributed by atoms with Crippen molar-refractivity contribution in [2.45, 2.75) is 25.8 Å². The summed E-state index contributed by atoms with van der Waals surface area (Å²) in [7, 11) is 0.